The van der Waals surface area contributed by atoms with Crippen LogP contribution in [0.15, 0.2) is 66.7 Å². The quantitative estimate of drug-likeness (QED) is 0.382. The van der Waals surface area contributed by atoms with Crippen LogP contribution in [0.5, 0.6) is 0 Å². The molecule has 2 N–H and O–H groups in total. The Hall–Kier alpha value is -3.46. The third kappa shape index (κ3) is 5.91. The lowest BCUT2D eigenvalue weighted by atomic mass is 10.0. The Balaban J connectivity index is 1.76. The second-order valence-electron chi connectivity index (χ2n) is 7.38. The summed E-state index contributed by atoms with van der Waals surface area (Å²) in [4.78, 5) is 23.3. The summed E-state index contributed by atoms with van der Waals surface area (Å²) in [5.74, 6) is -5.16. The van der Waals surface area contributed by atoms with Crippen LogP contribution >= 0.6 is 11.6 Å². The van der Waals surface area contributed by atoms with Gasteiger partial charge in [-0.1, -0.05) is 48.0 Å². The summed E-state index contributed by atoms with van der Waals surface area (Å²) in [6, 6.07) is 14.4. The van der Waals surface area contributed by atoms with Crippen molar-refractivity contribution in [2.75, 3.05) is 11.9 Å². The van der Waals surface area contributed by atoms with Gasteiger partial charge in [-0.3, -0.25) is 9.59 Å². The van der Waals surface area contributed by atoms with Crippen molar-refractivity contribution in [1.82, 2.24) is 5.32 Å². The van der Waals surface area contributed by atoms with Crippen LogP contribution in [0, 0.1) is 0 Å². The minimum absolute atomic E-state index is 0.239. The van der Waals surface area contributed by atoms with Crippen molar-refractivity contribution in [1.29, 1.82) is 0 Å². The normalized spacial score (nSPS) is 11.7. The van der Waals surface area contributed by atoms with Gasteiger partial charge in [0.1, 0.15) is 0 Å². The average molecular weight is 497 g/mol. The van der Waals surface area contributed by atoms with E-state index in [1.165, 1.54) is 25.1 Å². The van der Waals surface area contributed by atoms with E-state index in [1.54, 1.807) is 24.3 Å². The molecule has 0 unspecified atom stereocenters. The first-order chi connectivity index (χ1) is 15.9. The Morgan fingerprint density at radius 1 is 0.853 bits per heavy atom. The molecule has 0 spiro atoms. The van der Waals surface area contributed by atoms with Gasteiger partial charge < -0.3 is 10.6 Å². The van der Waals surface area contributed by atoms with Crippen LogP contribution in [0.3, 0.4) is 0 Å². The van der Waals surface area contributed by atoms with Crippen LogP contribution in [0.4, 0.5) is 27.6 Å². The summed E-state index contributed by atoms with van der Waals surface area (Å²) in [7, 11) is 0. The highest BCUT2D eigenvalue weighted by atomic mass is 35.5. The van der Waals surface area contributed by atoms with E-state index in [-0.39, 0.29) is 10.9 Å². The van der Waals surface area contributed by atoms with Gasteiger partial charge in [-0.15, -0.1) is 0 Å². The zero-order chi connectivity index (χ0) is 25.1. The van der Waals surface area contributed by atoms with E-state index in [2.05, 4.69) is 5.32 Å². The molecule has 0 radical (unpaired) electrons. The molecule has 3 aromatic carbocycles. The van der Waals surface area contributed by atoms with E-state index in [4.69, 9.17) is 11.6 Å². The van der Waals surface area contributed by atoms with Gasteiger partial charge in [-0.25, -0.2) is 0 Å². The fourth-order valence-corrected chi connectivity index (χ4v) is 3.57. The molecule has 0 aromatic heterocycles. The maximum atomic E-state index is 14.8. The summed E-state index contributed by atoms with van der Waals surface area (Å²) in [6.07, 6.45) is -4.81. The Morgan fingerprint density at radius 2 is 1.47 bits per heavy atom. The van der Waals surface area contributed by atoms with E-state index in [0.29, 0.717) is 22.9 Å². The monoisotopic (exact) mass is 496 g/mol. The Morgan fingerprint density at radius 3 is 2.06 bits per heavy atom. The number of benzene rings is 3. The third-order valence-electron chi connectivity index (χ3n) is 4.85. The second kappa shape index (κ2) is 9.80. The molecule has 10 heteroatoms. The number of halogens is 6. The second-order valence-corrected chi connectivity index (χ2v) is 7.79. The molecule has 0 atom stereocenters. The van der Waals surface area contributed by atoms with Crippen molar-refractivity contribution in [2.24, 2.45) is 0 Å². The van der Waals surface area contributed by atoms with Gasteiger partial charge in [0.2, 0.25) is 5.91 Å². The summed E-state index contributed by atoms with van der Waals surface area (Å²) in [5, 5.41) is 4.19. The number of alkyl halides is 5. The van der Waals surface area contributed by atoms with E-state index in [9.17, 15) is 31.5 Å². The third-order valence-corrected chi connectivity index (χ3v) is 5.16. The Kier molecular flexibility index (Phi) is 7.26. The highest BCUT2D eigenvalue weighted by Crippen LogP contribution is 2.36. The number of anilines is 1. The van der Waals surface area contributed by atoms with Crippen molar-refractivity contribution in [3.8, 4) is 11.1 Å². The van der Waals surface area contributed by atoms with Crippen molar-refractivity contribution in [3.05, 3.63) is 88.4 Å². The average Bonchev–Trinajstić information content (AvgIpc) is 2.77. The van der Waals surface area contributed by atoms with Gasteiger partial charge in [0.05, 0.1) is 22.7 Å². The van der Waals surface area contributed by atoms with Crippen molar-refractivity contribution < 1.29 is 31.5 Å². The lowest BCUT2D eigenvalue weighted by Gasteiger charge is -2.20. The van der Waals surface area contributed by atoms with Gasteiger partial charge >= 0.3 is 6.18 Å². The molecule has 0 saturated carbocycles. The number of amides is 2. The van der Waals surface area contributed by atoms with Gasteiger partial charge in [0.25, 0.3) is 11.8 Å². The molecular formula is C24H18ClF5N2O2. The topological polar surface area (TPSA) is 58.2 Å². The van der Waals surface area contributed by atoms with Crippen LogP contribution < -0.4 is 10.6 Å². The molecule has 0 aliphatic heterocycles. The van der Waals surface area contributed by atoms with E-state index < -0.39 is 41.2 Å². The van der Waals surface area contributed by atoms with Gasteiger partial charge in [0, 0.05) is 18.2 Å². The summed E-state index contributed by atoms with van der Waals surface area (Å²) < 4.78 is 68.8. The zero-order valence-electron chi connectivity index (χ0n) is 17.6. The predicted octanol–water partition coefficient (Wildman–Crippen LogP) is 6.51. The predicted molar refractivity (Wildman–Crippen MR) is 119 cm³/mol. The SMILES string of the molecule is CC(=O)Nc1ccc(-c2ccc(C(F)(F)CNC(=O)c3ccccc3C(F)(F)F)c(Cl)c2)cc1. The molecule has 2 amide bonds. The minimum Gasteiger partial charge on any atom is -0.346 e. The van der Waals surface area contributed by atoms with Gasteiger partial charge in [-0.05, 0) is 41.5 Å². The molecule has 0 aliphatic carbocycles. The van der Waals surface area contributed by atoms with E-state index in [0.717, 1.165) is 18.2 Å². The van der Waals surface area contributed by atoms with Crippen LogP contribution in [-0.4, -0.2) is 18.4 Å². The smallest absolute Gasteiger partial charge is 0.346 e. The van der Waals surface area contributed by atoms with Crippen molar-refractivity contribution in [3.63, 3.8) is 0 Å². The Bertz CT molecular complexity index is 1210. The number of carbonyl (C=O) groups excluding carboxylic acids is 2. The van der Waals surface area contributed by atoms with Crippen LogP contribution in [-0.2, 0) is 16.9 Å². The maximum Gasteiger partial charge on any atom is 0.417 e. The van der Waals surface area contributed by atoms with Gasteiger partial charge in [0.15, 0.2) is 0 Å². The number of hydrogen-bond donors (Lipinski definition) is 2. The molecular weight excluding hydrogens is 479 g/mol. The highest BCUT2D eigenvalue weighted by Gasteiger charge is 2.37. The zero-order valence-corrected chi connectivity index (χ0v) is 18.4. The molecule has 3 aromatic rings. The van der Waals surface area contributed by atoms with Gasteiger partial charge in [-0.2, -0.15) is 22.0 Å². The lowest BCUT2D eigenvalue weighted by molar-refractivity contribution is -0.138. The molecule has 0 heterocycles. The van der Waals surface area contributed by atoms with Crippen molar-refractivity contribution >= 4 is 29.1 Å². The molecule has 178 valence electrons. The summed E-state index contributed by atoms with van der Waals surface area (Å²) >= 11 is 6.08. The molecule has 4 nitrogen and oxygen atoms in total. The number of rotatable bonds is 6. The standard InChI is InChI=1S/C24H18ClF5N2O2/c1-14(33)32-17-9-6-15(7-10-17)16-8-11-20(21(25)12-16)23(26,27)13-31-22(34)18-4-2-3-5-19(18)24(28,29)30/h2-12H,13H2,1H3,(H,31,34)(H,32,33). The first-order valence-corrected chi connectivity index (χ1v) is 10.3. The molecule has 0 bridgehead atoms. The summed E-state index contributed by atoms with van der Waals surface area (Å²) in [5.41, 5.74) is -0.812. The minimum atomic E-state index is -4.81. The largest absolute Gasteiger partial charge is 0.417 e. The summed E-state index contributed by atoms with van der Waals surface area (Å²) in [6.45, 7) is 0.118. The van der Waals surface area contributed by atoms with Crippen LogP contribution in [0.1, 0.15) is 28.4 Å². The first kappa shape index (κ1) is 25.2. The van der Waals surface area contributed by atoms with Crippen LogP contribution in [0.25, 0.3) is 11.1 Å². The molecule has 0 saturated heterocycles. The van der Waals surface area contributed by atoms with E-state index in [1.807, 2.05) is 5.32 Å². The fraction of sp³-hybridized carbons (Fsp3) is 0.167. The fourth-order valence-electron chi connectivity index (χ4n) is 3.25. The maximum absolute atomic E-state index is 14.8. The first-order valence-electron chi connectivity index (χ1n) is 9.89. The molecule has 3 rings (SSSR count). The number of nitrogens with one attached hydrogen (secondary N) is 2. The van der Waals surface area contributed by atoms with Crippen LogP contribution in [0.2, 0.25) is 5.02 Å². The molecule has 0 fully saturated rings. The highest BCUT2D eigenvalue weighted by molar-refractivity contribution is 6.31. The van der Waals surface area contributed by atoms with Crippen molar-refractivity contribution in [2.45, 2.75) is 19.0 Å². The number of carbonyl (C=O) groups is 2. The Labute approximate surface area is 196 Å². The number of hydrogen-bond acceptors (Lipinski definition) is 2. The lowest BCUT2D eigenvalue weighted by Crippen LogP contribution is -2.36. The molecule has 34 heavy (non-hydrogen) atoms. The molecule has 0 aliphatic rings. The van der Waals surface area contributed by atoms with E-state index >= 15 is 0 Å².